The maximum atomic E-state index is 5.59. The standard InChI is InChI=1S/C21H30N2O/c1-2-4-19-18(3-1)20(23-11-13-24-14-12-23)15-21(19)7-9-22(10-8-21)16-17-5-6-17/h1-4,17,20H,5-16H2. The van der Waals surface area contributed by atoms with Crippen LogP contribution >= 0.6 is 0 Å². The van der Waals surface area contributed by atoms with Crippen molar-refractivity contribution in [2.45, 2.75) is 43.6 Å². The zero-order valence-corrected chi connectivity index (χ0v) is 14.8. The molecule has 3 heteroatoms. The topological polar surface area (TPSA) is 15.7 Å². The minimum Gasteiger partial charge on any atom is -0.379 e. The van der Waals surface area contributed by atoms with Crippen LogP contribution in [0, 0.1) is 5.92 Å². The van der Waals surface area contributed by atoms with Gasteiger partial charge in [0.2, 0.25) is 0 Å². The number of rotatable bonds is 3. The number of nitrogens with zero attached hydrogens (tertiary/aromatic N) is 2. The Hall–Kier alpha value is -0.900. The highest BCUT2D eigenvalue weighted by atomic mass is 16.5. The molecule has 24 heavy (non-hydrogen) atoms. The van der Waals surface area contributed by atoms with Gasteiger partial charge >= 0.3 is 0 Å². The summed E-state index contributed by atoms with van der Waals surface area (Å²) < 4.78 is 5.59. The number of hydrogen-bond acceptors (Lipinski definition) is 3. The van der Waals surface area contributed by atoms with Gasteiger partial charge in [0, 0.05) is 25.7 Å². The van der Waals surface area contributed by atoms with Crippen LogP contribution in [-0.4, -0.2) is 55.7 Å². The number of fused-ring (bicyclic) bond motifs is 2. The van der Waals surface area contributed by atoms with Crippen LogP contribution in [0.1, 0.15) is 49.3 Å². The van der Waals surface area contributed by atoms with Gasteiger partial charge in [0.15, 0.2) is 0 Å². The molecule has 2 heterocycles. The zero-order valence-electron chi connectivity index (χ0n) is 14.8. The first-order chi connectivity index (χ1) is 11.8. The van der Waals surface area contributed by atoms with E-state index in [1.807, 2.05) is 0 Å². The lowest BCUT2D eigenvalue weighted by Gasteiger charge is -2.41. The molecule has 2 aliphatic heterocycles. The second kappa shape index (κ2) is 6.12. The Bertz CT molecular complexity index is 583. The van der Waals surface area contributed by atoms with E-state index in [9.17, 15) is 0 Å². The Morgan fingerprint density at radius 3 is 2.50 bits per heavy atom. The highest BCUT2D eigenvalue weighted by Gasteiger charge is 2.47. The summed E-state index contributed by atoms with van der Waals surface area (Å²) in [6.45, 7) is 7.99. The molecule has 2 saturated heterocycles. The van der Waals surface area contributed by atoms with Gasteiger partial charge in [0.25, 0.3) is 0 Å². The van der Waals surface area contributed by atoms with Gasteiger partial charge in [-0.3, -0.25) is 4.90 Å². The van der Waals surface area contributed by atoms with Gasteiger partial charge in [0.1, 0.15) is 0 Å². The van der Waals surface area contributed by atoms with Crippen molar-refractivity contribution < 1.29 is 4.74 Å². The molecule has 0 radical (unpaired) electrons. The lowest BCUT2D eigenvalue weighted by molar-refractivity contribution is 0.0103. The number of hydrogen-bond donors (Lipinski definition) is 0. The molecule has 1 unspecified atom stereocenters. The summed E-state index contributed by atoms with van der Waals surface area (Å²) >= 11 is 0. The molecule has 1 atom stereocenters. The third-order valence-electron chi connectivity index (χ3n) is 6.99. The van der Waals surface area contributed by atoms with Crippen molar-refractivity contribution in [3.05, 3.63) is 35.4 Å². The van der Waals surface area contributed by atoms with E-state index >= 15 is 0 Å². The third-order valence-corrected chi connectivity index (χ3v) is 6.99. The summed E-state index contributed by atoms with van der Waals surface area (Å²) in [6, 6.07) is 9.97. The first kappa shape index (κ1) is 15.4. The van der Waals surface area contributed by atoms with E-state index in [-0.39, 0.29) is 0 Å². The summed E-state index contributed by atoms with van der Waals surface area (Å²) in [5.41, 5.74) is 3.74. The number of likely N-dealkylation sites (tertiary alicyclic amines) is 1. The van der Waals surface area contributed by atoms with Gasteiger partial charge < -0.3 is 9.64 Å². The molecule has 3 fully saturated rings. The first-order valence-electron chi connectivity index (χ1n) is 9.98. The molecule has 4 aliphatic rings. The molecule has 5 rings (SSSR count). The molecular formula is C21H30N2O. The number of ether oxygens (including phenoxy) is 1. The Kier molecular flexibility index (Phi) is 3.92. The second-order valence-corrected chi connectivity index (χ2v) is 8.48. The molecular weight excluding hydrogens is 296 g/mol. The molecule has 1 spiro atoms. The Morgan fingerprint density at radius 2 is 1.75 bits per heavy atom. The fraction of sp³-hybridized carbons (Fsp3) is 0.714. The smallest absolute Gasteiger partial charge is 0.0594 e. The molecule has 0 amide bonds. The Balaban J connectivity index is 1.37. The van der Waals surface area contributed by atoms with Gasteiger partial charge in [-0.05, 0) is 67.7 Å². The van der Waals surface area contributed by atoms with Crippen molar-refractivity contribution in [1.82, 2.24) is 9.80 Å². The van der Waals surface area contributed by atoms with Crippen LogP contribution in [0.3, 0.4) is 0 Å². The van der Waals surface area contributed by atoms with Crippen molar-refractivity contribution in [2.75, 3.05) is 45.9 Å². The van der Waals surface area contributed by atoms with Crippen LogP contribution in [0.5, 0.6) is 0 Å². The van der Waals surface area contributed by atoms with Crippen molar-refractivity contribution >= 4 is 0 Å². The predicted octanol–water partition coefficient (Wildman–Crippen LogP) is 3.21. The van der Waals surface area contributed by atoms with Gasteiger partial charge in [-0.25, -0.2) is 0 Å². The second-order valence-electron chi connectivity index (χ2n) is 8.48. The molecule has 1 saturated carbocycles. The molecule has 0 aromatic heterocycles. The number of benzene rings is 1. The van der Waals surface area contributed by atoms with Gasteiger partial charge in [-0.1, -0.05) is 24.3 Å². The van der Waals surface area contributed by atoms with Crippen LogP contribution in [0.25, 0.3) is 0 Å². The highest BCUT2D eigenvalue weighted by Crippen LogP contribution is 2.52. The van der Waals surface area contributed by atoms with Crippen LogP contribution < -0.4 is 0 Å². The first-order valence-corrected chi connectivity index (χ1v) is 9.98. The van der Waals surface area contributed by atoms with E-state index in [0.717, 1.165) is 32.2 Å². The molecule has 2 aliphatic carbocycles. The maximum absolute atomic E-state index is 5.59. The average molecular weight is 326 g/mol. The van der Waals surface area contributed by atoms with E-state index in [1.54, 1.807) is 11.1 Å². The fourth-order valence-electron chi connectivity index (χ4n) is 5.38. The number of morpholine rings is 1. The average Bonchev–Trinajstić information content (AvgIpc) is 3.41. The lowest BCUT2D eigenvalue weighted by atomic mass is 9.73. The summed E-state index contributed by atoms with van der Waals surface area (Å²) in [7, 11) is 0. The van der Waals surface area contributed by atoms with E-state index < -0.39 is 0 Å². The van der Waals surface area contributed by atoms with Crippen LogP contribution in [-0.2, 0) is 10.2 Å². The minimum atomic E-state index is 0.444. The van der Waals surface area contributed by atoms with Crippen molar-refractivity contribution in [3.8, 4) is 0 Å². The molecule has 0 N–H and O–H groups in total. The van der Waals surface area contributed by atoms with Crippen molar-refractivity contribution in [2.24, 2.45) is 5.92 Å². The summed E-state index contributed by atoms with van der Waals surface area (Å²) in [5, 5.41) is 0. The lowest BCUT2D eigenvalue weighted by Crippen LogP contribution is -2.43. The van der Waals surface area contributed by atoms with E-state index in [1.165, 1.54) is 51.7 Å². The van der Waals surface area contributed by atoms with Crippen molar-refractivity contribution in [1.29, 1.82) is 0 Å². The van der Waals surface area contributed by atoms with Crippen LogP contribution in [0.15, 0.2) is 24.3 Å². The van der Waals surface area contributed by atoms with Crippen LogP contribution in [0.2, 0.25) is 0 Å². The third kappa shape index (κ3) is 2.71. The molecule has 1 aromatic carbocycles. The normalized spacial score (nSPS) is 30.6. The molecule has 3 nitrogen and oxygen atoms in total. The van der Waals surface area contributed by atoms with E-state index in [0.29, 0.717) is 11.5 Å². The van der Waals surface area contributed by atoms with Crippen LogP contribution in [0.4, 0.5) is 0 Å². The largest absolute Gasteiger partial charge is 0.379 e. The SMILES string of the molecule is c1ccc2c(c1)C(N1CCOCC1)CC21CCN(CC2CC2)CC1. The number of piperidine rings is 1. The van der Waals surface area contributed by atoms with Gasteiger partial charge in [-0.2, -0.15) is 0 Å². The molecule has 1 aromatic rings. The minimum absolute atomic E-state index is 0.444. The Morgan fingerprint density at radius 1 is 1.00 bits per heavy atom. The zero-order chi connectivity index (χ0) is 16.0. The van der Waals surface area contributed by atoms with Gasteiger partial charge in [-0.15, -0.1) is 0 Å². The van der Waals surface area contributed by atoms with E-state index in [2.05, 4.69) is 34.1 Å². The molecule has 0 bridgehead atoms. The monoisotopic (exact) mass is 326 g/mol. The van der Waals surface area contributed by atoms with Crippen molar-refractivity contribution in [3.63, 3.8) is 0 Å². The highest BCUT2D eigenvalue weighted by molar-refractivity contribution is 5.43. The summed E-state index contributed by atoms with van der Waals surface area (Å²) in [6.07, 6.45) is 7.01. The fourth-order valence-corrected chi connectivity index (χ4v) is 5.38. The molecule has 130 valence electrons. The quantitative estimate of drug-likeness (QED) is 0.848. The summed E-state index contributed by atoms with van der Waals surface area (Å²) in [5.74, 6) is 1.02. The maximum Gasteiger partial charge on any atom is 0.0594 e. The van der Waals surface area contributed by atoms with Gasteiger partial charge in [0.05, 0.1) is 13.2 Å². The van der Waals surface area contributed by atoms with E-state index in [4.69, 9.17) is 4.74 Å². The predicted molar refractivity (Wildman–Crippen MR) is 96.3 cm³/mol. The Labute approximate surface area is 146 Å². The summed E-state index contributed by atoms with van der Waals surface area (Å²) in [4.78, 5) is 5.43.